The molecule has 2 aromatic rings. The molecular weight excluding hydrogens is 512 g/mol. The van der Waals surface area contributed by atoms with Crippen LogP contribution in [0.2, 0.25) is 5.02 Å². The third-order valence-corrected chi connectivity index (χ3v) is 8.33. The maximum atomic E-state index is 15.6. The number of piperidine rings is 3. The highest BCUT2D eigenvalue weighted by molar-refractivity contribution is 6.33. The molecule has 0 aromatic heterocycles. The average molecular weight is 541 g/mol. The SMILES string of the molecule is CC1(C)Cc2cc(-c3ccc(OCC(F)(F)F)cc3Cl)c(F)cc2[C@@H]1N(C(=O)O)[C@@H]1CN2CCC1CC2. The Hall–Kier alpha value is -2.52. The number of ether oxygens (including phenoxy) is 1. The molecular formula is C27H29ClF4N2O3. The number of carboxylic acid groups (broad SMARTS) is 1. The first-order chi connectivity index (χ1) is 17.3. The Kier molecular flexibility index (Phi) is 6.59. The van der Waals surface area contributed by atoms with Crippen molar-refractivity contribution in [1.29, 1.82) is 0 Å². The number of halogens is 5. The molecule has 0 spiro atoms. The van der Waals surface area contributed by atoms with E-state index >= 15 is 4.39 Å². The van der Waals surface area contributed by atoms with Crippen LogP contribution in [0.4, 0.5) is 22.4 Å². The zero-order valence-corrected chi connectivity index (χ0v) is 21.4. The van der Waals surface area contributed by atoms with Gasteiger partial charge in [-0.2, -0.15) is 13.2 Å². The summed E-state index contributed by atoms with van der Waals surface area (Å²) in [5.74, 6) is -0.336. The standard InChI is InChI=1S/C27H29ClF4N2O3/c1-26(2)12-16-9-20(18-4-3-17(10-21(18)28)37-14-27(30,31)32)22(29)11-19(16)24(26)34(25(35)36)23-13-33-7-5-15(23)6-8-33/h3-4,9-11,15,23-24H,5-8,12-14H2,1-2H3,(H,35,36)/t23-,24+/m1/s1. The molecule has 10 heteroatoms. The van der Waals surface area contributed by atoms with Gasteiger partial charge in [-0.25, -0.2) is 9.18 Å². The van der Waals surface area contributed by atoms with Gasteiger partial charge in [-0.15, -0.1) is 0 Å². The lowest BCUT2D eigenvalue weighted by Crippen LogP contribution is -2.60. The predicted octanol–water partition coefficient (Wildman–Crippen LogP) is 6.78. The van der Waals surface area contributed by atoms with E-state index in [0.717, 1.165) is 31.5 Å². The Bertz CT molecular complexity index is 1210. The molecule has 2 atom stereocenters. The largest absolute Gasteiger partial charge is 0.484 e. The van der Waals surface area contributed by atoms with Gasteiger partial charge in [-0.3, -0.25) is 4.90 Å². The van der Waals surface area contributed by atoms with Gasteiger partial charge in [0.15, 0.2) is 6.61 Å². The van der Waals surface area contributed by atoms with Gasteiger partial charge < -0.3 is 14.7 Å². The molecule has 200 valence electrons. The van der Waals surface area contributed by atoms with Crippen LogP contribution in [0.3, 0.4) is 0 Å². The Morgan fingerprint density at radius 1 is 1.19 bits per heavy atom. The molecule has 1 aliphatic carbocycles. The van der Waals surface area contributed by atoms with Crippen molar-refractivity contribution in [3.63, 3.8) is 0 Å². The highest BCUT2D eigenvalue weighted by Crippen LogP contribution is 2.52. The molecule has 1 amide bonds. The van der Waals surface area contributed by atoms with Crippen LogP contribution in [0.15, 0.2) is 30.3 Å². The summed E-state index contributed by atoms with van der Waals surface area (Å²) in [6.07, 6.45) is -3.01. The van der Waals surface area contributed by atoms with Crippen LogP contribution >= 0.6 is 11.6 Å². The second-order valence-electron chi connectivity index (χ2n) is 11.0. The molecule has 3 saturated heterocycles. The van der Waals surface area contributed by atoms with Crippen LogP contribution < -0.4 is 4.74 Å². The topological polar surface area (TPSA) is 53.0 Å². The summed E-state index contributed by atoms with van der Waals surface area (Å²) in [7, 11) is 0. The molecule has 3 aliphatic heterocycles. The van der Waals surface area contributed by atoms with Crippen LogP contribution in [-0.4, -0.2) is 59.5 Å². The number of alkyl halides is 3. The Labute approximate surface area is 217 Å². The van der Waals surface area contributed by atoms with E-state index in [1.807, 2.05) is 13.8 Å². The van der Waals surface area contributed by atoms with Crippen molar-refractivity contribution in [3.05, 3.63) is 52.3 Å². The number of rotatable bonds is 5. The first kappa shape index (κ1) is 26.1. The van der Waals surface area contributed by atoms with Crippen molar-refractivity contribution >= 4 is 17.7 Å². The fourth-order valence-electron chi connectivity index (χ4n) is 6.44. The summed E-state index contributed by atoms with van der Waals surface area (Å²) in [6.45, 7) is 5.22. The normalized spacial score (nSPS) is 26.1. The molecule has 3 heterocycles. The summed E-state index contributed by atoms with van der Waals surface area (Å²) in [5.41, 5.74) is 1.58. The average Bonchev–Trinajstić information content (AvgIpc) is 3.07. The van der Waals surface area contributed by atoms with E-state index in [9.17, 15) is 23.1 Å². The predicted molar refractivity (Wildman–Crippen MR) is 131 cm³/mol. The number of hydrogen-bond acceptors (Lipinski definition) is 3. The van der Waals surface area contributed by atoms with Crippen LogP contribution in [-0.2, 0) is 6.42 Å². The van der Waals surface area contributed by atoms with Gasteiger partial charge in [0.1, 0.15) is 11.6 Å². The van der Waals surface area contributed by atoms with E-state index in [0.29, 0.717) is 30.0 Å². The van der Waals surface area contributed by atoms with Crippen molar-refractivity contribution in [1.82, 2.24) is 9.80 Å². The lowest BCUT2D eigenvalue weighted by atomic mass is 9.79. The molecule has 2 bridgehead atoms. The maximum absolute atomic E-state index is 15.6. The fraction of sp³-hybridized carbons (Fsp3) is 0.519. The molecule has 3 fully saturated rings. The van der Waals surface area contributed by atoms with E-state index in [4.69, 9.17) is 16.3 Å². The summed E-state index contributed by atoms with van der Waals surface area (Å²) in [6, 6.07) is 6.46. The van der Waals surface area contributed by atoms with E-state index in [2.05, 4.69) is 4.90 Å². The molecule has 0 saturated carbocycles. The number of benzene rings is 2. The van der Waals surface area contributed by atoms with Gasteiger partial charge in [0.05, 0.1) is 17.1 Å². The molecule has 0 radical (unpaired) electrons. The van der Waals surface area contributed by atoms with E-state index in [1.54, 1.807) is 11.0 Å². The zero-order chi connectivity index (χ0) is 26.7. The van der Waals surface area contributed by atoms with Crippen molar-refractivity contribution in [2.75, 3.05) is 26.2 Å². The van der Waals surface area contributed by atoms with Crippen LogP contribution in [0.25, 0.3) is 11.1 Å². The number of fused-ring (bicyclic) bond motifs is 4. The lowest BCUT2D eigenvalue weighted by Gasteiger charge is -2.51. The first-order valence-electron chi connectivity index (χ1n) is 12.4. The minimum atomic E-state index is -4.49. The Morgan fingerprint density at radius 3 is 2.46 bits per heavy atom. The quantitative estimate of drug-likeness (QED) is 0.425. The van der Waals surface area contributed by atoms with Gasteiger partial charge >= 0.3 is 12.3 Å². The number of hydrogen-bond donors (Lipinski definition) is 1. The lowest BCUT2D eigenvalue weighted by molar-refractivity contribution is -0.153. The molecule has 1 N–H and O–H groups in total. The third-order valence-electron chi connectivity index (χ3n) is 8.02. The summed E-state index contributed by atoms with van der Waals surface area (Å²) in [4.78, 5) is 16.5. The molecule has 5 nitrogen and oxygen atoms in total. The van der Waals surface area contributed by atoms with Gasteiger partial charge in [0.25, 0.3) is 0 Å². The number of amides is 1. The Morgan fingerprint density at radius 2 is 1.89 bits per heavy atom. The minimum Gasteiger partial charge on any atom is -0.484 e. The highest BCUT2D eigenvalue weighted by Gasteiger charge is 2.50. The summed E-state index contributed by atoms with van der Waals surface area (Å²) < 4.78 is 57.8. The van der Waals surface area contributed by atoms with Crippen molar-refractivity contribution < 1.29 is 32.2 Å². The number of nitrogens with zero attached hydrogens (tertiary/aromatic N) is 2. The zero-order valence-electron chi connectivity index (χ0n) is 20.6. The smallest absolute Gasteiger partial charge is 0.422 e. The van der Waals surface area contributed by atoms with Crippen LogP contribution in [0.5, 0.6) is 5.75 Å². The summed E-state index contributed by atoms with van der Waals surface area (Å²) >= 11 is 6.33. The van der Waals surface area contributed by atoms with Crippen molar-refractivity contribution in [3.8, 4) is 16.9 Å². The molecule has 0 unspecified atom stereocenters. The number of carbonyl (C=O) groups is 1. The molecule has 37 heavy (non-hydrogen) atoms. The second kappa shape index (κ2) is 9.34. The second-order valence-corrected chi connectivity index (χ2v) is 11.4. The molecule has 4 aliphatic rings. The maximum Gasteiger partial charge on any atom is 0.422 e. The van der Waals surface area contributed by atoms with Gasteiger partial charge in [-0.1, -0.05) is 25.4 Å². The monoisotopic (exact) mass is 540 g/mol. The molecule has 2 aromatic carbocycles. The van der Waals surface area contributed by atoms with Gasteiger partial charge in [-0.05, 0) is 85.1 Å². The van der Waals surface area contributed by atoms with E-state index in [1.165, 1.54) is 24.3 Å². The first-order valence-corrected chi connectivity index (χ1v) is 12.8. The Balaban J connectivity index is 1.48. The van der Waals surface area contributed by atoms with Crippen molar-refractivity contribution in [2.24, 2.45) is 11.3 Å². The van der Waals surface area contributed by atoms with Crippen LogP contribution in [0.1, 0.15) is 43.9 Å². The van der Waals surface area contributed by atoms with Gasteiger partial charge in [0, 0.05) is 17.7 Å². The molecule has 6 rings (SSSR count). The fourth-order valence-corrected chi connectivity index (χ4v) is 6.72. The van der Waals surface area contributed by atoms with Crippen molar-refractivity contribution in [2.45, 2.75) is 51.4 Å². The van der Waals surface area contributed by atoms with E-state index in [-0.39, 0.29) is 22.4 Å². The highest BCUT2D eigenvalue weighted by atomic mass is 35.5. The third kappa shape index (κ3) is 5.00. The summed E-state index contributed by atoms with van der Waals surface area (Å²) in [5, 5.41) is 10.4. The minimum absolute atomic E-state index is 0.0618. The van der Waals surface area contributed by atoms with Crippen LogP contribution in [0, 0.1) is 17.2 Å². The van der Waals surface area contributed by atoms with E-state index < -0.39 is 36.2 Å². The van der Waals surface area contributed by atoms with Gasteiger partial charge in [0.2, 0.25) is 0 Å².